The van der Waals surface area contributed by atoms with Crippen molar-refractivity contribution >= 4 is 5.97 Å². The van der Waals surface area contributed by atoms with Crippen molar-refractivity contribution in [1.29, 1.82) is 5.26 Å². The fourth-order valence-electron chi connectivity index (χ4n) is 1.43. The molecule has 94 valence electrons. The predicted molar refractivity (Wildman–Crippen MR) is 62.4 cm³/mol. The molecule has 0 aliphatic heterocycles. The third kappa shape index (κ3) is 2.66. The summed E-state index contributed by atoms with van der Waals surface area (Å²) in [6.07, 6.45) is 2.70. The minimum Gasteiger partial charge on any atom is -0.478 e. The summed E-state index contributed by atoms with van der Waals surface area (Å²) in [5.74, 6) is -1.95. The van der Waals surface area contributed by atoms with E-state index in [-0.39, 0.29) is 22.6 Å². The molecule has 1 aromatic carbocycles. The van der Waals surface area contributed by atoms with Gasteiger partial charge in [0.15, 0.2) is 5.75 Å². The largest absolute Gasteiger partial charge is 0.478 e. The van der Waals surface area contributed by atoms with Gasteiger partial charge in [0, 0.05) is 6.20 Å². The van der Waals surface area contributed by atoms with Gasteiger partial charge in [0.05, 0.1) is 11.8 Å². The van der Waals surface area contributed by atoms with E-state index in [1.54, 1.807) is 0 Å². The molecular weight excluding hydrogens is 251 g/mol. The third-order valence-electron chi connectivity index (χ3n) is 2.30. The van der Waals surface area contributed by atoms with Crippen LogP contribution in [0.25, 0.3) is 0 Å². The lowest BCUT2D eigenvalue weighted by atomic mass is 10.2. The molecule has 0 fully saturated rings. The van der Waals surface area contributed by atoms with Crippen LogP contribution in [0.3, 0.4) is 0 Å². The Morgan fingerprint density at radius 2 is 2.16 bits per heavy atom. The molecule has 5 nitrogen and oxygen atoms in total. The minimum absolute atomic E-state index is 0.0570. The van der Waals surface area contributed by atoms with Crippen molar-refractivity contribution in [3.8, 4) is 17.6 Å². The number of nitriles is 1. The molecule has 0 atom stereocenters. The second-order valence-electron chi connectivity index (χ2n) is 3.53. The second kappa shape index (κ2) is 5.14. The van der Waals surface area contributed by atoms with E-state index >= 15 is 0 Å². The van der Waals surface area contributed by atoms with E-state index in [1.165, 1.54) is 24.5 Å². The van der Waals surface area contributed by atoms with Crippen molar-refractivity contribution in [1.82, 2.24) is 4.98 Å². The van der Waals surface area contributed by atoms with Gasteiger partial charge in [0.2, 0.25) is 0 Å². The molecule has 2 rings (SSSR count). The number of hydrogen-bond acceptors (Lipinski definition) is 4. The van der Waals surface area contributed by atoms with Crippen LogP contribution in [0.15, 0.2) is 36.7 Å². The summed E-state index contributed by atoms with van der Waals surface area (Å²) in [5, 5.41) is 17.9. The molecule has 1 heterocycles. The van der Waals surface area contributed by atoms with Crippen LogP contribution in [0.1, 0.15) is 15.9 Å². The number of carbonyl (C=O) groups is 1. The van der Waals surface area contributed by atoms with Gasteiger partial charge < -0.3 is 9.84 Å². The summed E-state index contributed by atoms with van der Waals surface area (Å²) in [6, 6.07) is 6.43. The monoisotopic (exact) mass is 258 g/mol. The van der Waals surface area contributed by atoms with Crippen LogP contribution in [0, 0.1) is 17.1 Å². The maximum atomic E-state index is 13.0. The van der Waals surface area contributed by atoms with Crippen LogP contribution in [0.4, 0.5) is 4.39 Å². The van der Waals surface area contributed by atoms with E-state index in [0.717, 1.165) is 12.1 Å². The fourth-order valence-corrected chi connectivity index (χ4v) is 1.43. The van der Waals surface area contributed by atoms with Crippen LogP contribution < -0.4 is 4.74 Å². The van der Waals surface area contributed by atoms with Gasteiger partial charge in [-0.05, 0) is 24.3 Å². The highest BCUT2D eigenvalue weighted by molar-refractivity contribution is 5.91. The van der Waals surface area contributed by atoms with E-state index in [4.69, 9.17) is 15.1 Å². The van der Waals surface area contributed by atoms with Crippen molar-refractivity contribution < 1.29 is 19.0 Å². The van der Waals surface area contributed by atoms with Crippen LogP contribution in [0.5, 0.6) is 11.5 Å². The first-order valence-electron chi connectivity index (χ1n) is 5.16. The first-order valence-corrected chi connectivity index (χ1v) is 5.16. The van der Waals surface area contributed by atoms with Crippen molar-refractivity contribution in [2.45, 2.75) is 0 Å². The lowest BCUT2D eigenvalue weighted by molar-refractivity contribution is 0.0693. The van der Waals surface area contributed by atoms with Crippen LogP contribution >= 0.6 is 0 Å². The second-order valence-corrected chi connectivity index (χ2v) is 3.53. The molecule has 0 unspecified atom stereocenters. The minimum atomic E-state index is -1.32. The van der Waals surface area contributed by atoms with Gasteiger partial charge in [0.1, 0.15) is 23.2 Å². The fraction of sp³-hybridized carbons (Fsp3) is 0. The number of pyridine rings is 1. The Kier molecular flexibility index (Phi) is 3.39. The number of ether oxygens (including phenoxy) is 1. The van der Waals surface area contributed by atoms with E-state index in [1.807, 2.05) is 6.07 Å². The zero-order valence-electron chi connectivity index (χ0n) is 9.50. The maximum absolute atomic E-state index is 13.0. The number of rotatable bonds is 3. The van der Waals surface area contributed by atoms with Crippen LogP contribution in [-0.4, -0.2) is 16.1 Å². The van der Waals surface area contributed by atoms with E-state index in [0.29, 0.717) is 0 Å². The molecule has 0 bridgehead atoms. The third-order valence-corrected chi connectivity index (χ3v) is 2.30. The molecule has 19 heavy (non-hydrogen) atoms. The quantitative estimate of drug-likeness (QED) is 0.914. The summed E-state index contributed by atoms with van der Waals surface area (Å²) < 4.78 is 18.3. The van der Waals surface area contributed by atoms with Crippen molar-refractivity contribution in [2.24, 2.45) is 0 Å². The van der Waals surface area contributed by atoms with E-state index in [2.05, 4.69) is 4.98 Å². The molecule has 0 amide bonds. The van der Waals surface area contributed by atoms with E-state index in [9.17, 15) is 9.18 Å². The zero-order valence-corrected chi connectivity index (χ0v) is 9.50. The number of halogens is 1. The molecule has 0 saturated heterocycles. The summed E-state index contributed by atoms with van der Waals surface area (Å²) in [5.41, 5.74) is -0.122. The topological polar surface area (TPSA) is 83.2 Å². The Balaban J connectivity index is 2.44. The Bertz CT molecular complexity index is 680. The van der Waals surface area contributed by atoms with Gasteiger partial charge in [-0.3, -0.25) is 4.98 Å². The predicted octanol–water partition coefficient (Wildman–Crippen LogP) is 2.58. The molecule has 0 aliphatic rings. The average Bonchev–Trinajstić information content (AvgIpc) is 2.41. The summed E-state index contributed by atoms with van der Waals surface area (Å²) in [7, 11) is 0. The number of carboxylic acid groups (broad SMARTS) is 1. The van der Waals surface area contributed by atoms with Crippen LogP contribution in [0.2, 0.25) is 0 Å². The maximum Gasteiger partial charge on any atom is 0.339 e. The number of aromatic nitrogens is 1. The molecule has 0 radical (unpaired) electrons. The Hall–Kier alpha value is -2.94. The summed E-state index contributed by atoms with van der Waals surface area (Å²) in [4.78, 5) is 14.8. The highest BCUT2D eigenvalue weighted by atomic mass is 19.1. The molecule has 1 aromatic heterocycles. The Labute approximate surface area is 107 Å². The summed E-state index contributed by atoms with van der Waals surface area (Å²) in [6.45, 7) is 0. The molecule has 0 spiro atoms. The molecule has 0 aliphatic carbocycles. The first kappa shape index (κ1) is 12.5. The van der Waals surface area contributed by atoms with Gasteiger partial charge in [-0.25, -0.2) is 9.18 Å². The normalized spacial score (nSPS) is 9.68. The highest BCUT2D eigenvalue weighted by Crippen LogP contribution is 2.27. The highest BCUT2D eigenvalue weighted by Gasteiger charge is 2.14. The Morgan fingerprint density at radius 1 is 1.37 bits per heavy atom. The average molecular weight is 258 g/mol. The molecule has 6 heteroatoms. The van der Waals surface area contributed by atoms with Crippen molar-refractivity contribution in [3.05, 3.63) is 53.6 Å². The zero-order chi connectivity index (χ0) is 13.8. The standard InChI is InChI=1S/C13H7FN2O3/c14-9-1-2-11(10(5-9)13(17)18)19-12-7-16-4-3-8(12)6-15/h1-5,7H,(H,17,18). The lowest BCUT2D eigenvalue weighted by Crippen LogP contribution is -2.01. The smallest absolute Gasteiger partial charge is 0.339 e. The number of hydrogen-bond donors (Lipinski definition) is 1. The van der Waals surface area contributed by atoms with E-state index < -0.39 is 11.8 Å². The number of carboxylic acids is 1. The van der Waals surface area contributed by atoms with Gasteiger partial charge in [0.25, 0.3) is 0 Å². The van der Waals surface area contributed by atoms with Crippen molar-refractivity contribution in [3.63, 3.8) is 0 Å². The lowest BCUT2D eigenvalue weighted by Gasteiger charge is -2.09. The number of benzene rings is 1. The van der Waals surface area contributed by atoms with Gasteiger partial charge in [-0.2, -0.15) is 5.26 Å². The molecular formula is C13H7FN2O3. The first-order chi connectivity index (χ1) is 9.11. The number of aromatic carboxylic acids is 1. The van der Waals surface area contributed by atoms with Crippen LogP contribution in [-0.2, 0) is 0 Å². The number of nitrogens with zero attached hydrogens (tertiary/aromatic N) is 2. The van der Waals surface area contributed by atoms with Crippen molar-refractivity contribution in [2.75, 3.05) is 0 Å². The summed E-state index contributed by atoms with van der Waals surface area (Å²) >= 11 is 0. The Morgan fingerprint density at radius 3 is 2.84 bits per heavy atom. The molecule has 1 N–H and O–H groups in total. The van der Waals surface area contributed by atoms with Gasteiger partial charge in [-0.15, -0.1) is 0 Å². The SMILES string of the molecule is N#Cc1ccncc1Oc1ccc(F)cc1C(=O)O. The van der Waals surface area contributed by atoms with Gasteiger partial charge >= 0.3 is 5.97 Å². The molecule has 2 aromatic rings. The molecule has 0 saturated carbocycles. The van der Waals surface area contributed by atoms with Gasteiger partial charge in [-0.1, -0.05) is 0 Å².